The molecule has 0 unspecified atom stereocenters. The average molecular weight is 229 g/mol. The molecule has 0 aromatic rings. The fourth-order valence-electron chi connectivity index (χ4n) is 1.32. The van der Waals surface area contributed by atoms with Crippen molar-refractivity contribution in [2.75, 3.05) is 33.3 Å². The third-order valence-electron chi connectivity index (χ3n) is 2.18. The van der Waals surface area contributed by atoms with Gasteiger partial charge in [-0.1, -0.05) is 0 Å². The predicted octanol–water partition coefficient (Wildman–Crippen LogP) is -1.31. The molecule has 0 aliphatic carbocycles. The van der Waals surface area contributed by atoms with Crippen molar-refractivity contribution in [2.45, 2.75) is 6.42 Å². The highest BCUT2D eigenvalue weighted by Gasteiger charge is 2.18. The SMILES string of the molecule is COC(=O)CC(=O)NCCN1CCNC1=O. The molecule has 7 nitrogen and oxygen atoms in total. The molecule has 7 heteroatoms. The minimum atomic E-state index is -0.573. The molecule has 0 saturated carbocycles. The smallest absolute Gasteiger partial charge is 0.317 e. The topological polar surface area (TPSA) is 87.7 Å². The van der Waals surface area contributed by atoms with Crippen molar-refractivity contribution in [3.63, 3.8) is 0 Å². The molecule has 90 valence electrons. The maximum atomic E-state index is 11.1. The van der Waals surface area contributed by atoms with E-state index < -0.39 is 11.9 Å². The minimum absolute atomic E-state index is 0.123. The van der Waals surface area contributed by atoms with Crippen molar-refractivity contribution in [1.29, 1.82) is 0 Å². The van der Waals surface area contributed by atoms with E-state index in [9.17, 15) is 14.4 Å². The molecule has 0 aromatic carbocycles. The number of ether oxygens (including phenoxy) is 1. The molecule has 1 aliphatic rings. The van der Waals surface area contributed by atoms with Gasteiger partial charge in [0.25, 0.3) is 0 Å². The Morgan fingerprint density at radius 3 is 2.88 bits per heavy atom. The molecular weight excluding hydrogens is 214 g/mol. The number of nitrogens with zero attached hydrogens (tertiary/aromatic N) is 1. The summed E-state index contributed by atoms with van der Waals surface area (Å²) in [6.45, 7) is 2.06. The summed E-state index contributed by atoms with van der Waals surface area (Å²) in [5.74, 6) is -0.970. The van der Waals surface area contributed by atoms with Crippen LogP contribution in [0, 0.1) is 0 Å². The first-order valence-corrected chi connectivity index (χ1v) is 5.00. The number of rotatable bonds is 5. The van der Waals surface area contributed by atoms with Crippen molar-refractivity contribution in [3.05, 3.63) is 0 Å². The summed E-state index contributed by atoms with van der Waals surface area (Å²) >= 11 is 0. The van der Waals surface area contributed by atoms with Crippen LogP contribution in [-0.2, 0) is 14.3 Å². The van der Waals surface area contributed by atoms with Gasteiger partial charge in [-0.05, 0) is 0 Å². The summed E-state index contributed by atoms with van der Waals surface area (Å²) in [7, 11) is 1.23. The van der Waals surface area contributed by atoms with E-state index in [1.807, 2.05) is 0 Å². The Hall–Kier alpha value is -1.79. The fourth-order valence-corrected chi connectivity index (χ4v) is 1.32. The molecule has 1 aliphatic heterocycles. The fraction of sp³-hybridized carbons (Fsp3) is 0.667. The Labute approximate surface area is 93.1 Å². The number of hydrogen-bond acceptors (Lipinski definition) is 4. The van der Waals surface area contributed by atoms with E-state index in [2.05, 4.69) is 15.4 Å². The number of methoxy groups -OCH3 is 1. The van der Waals surface area contributed by atoms with Gasteiger partial charge in [0.2, 0.25) is 5.91 Å². The molecular formula is C9H15N3O4. The molecule has 0 aromatic heterocycles. The lowest BCUT2D eigenvalue weighted by atomic mass is 10.4. The normalized spacial score (nSPS) is 14.6. The van der Waals surface area contributed by atoms with E-state index >= 15 is 0 Å². The number of esters is 1. The maximum absolute atomic E-state index is 11.1. The summed E-state index contributed by atoms with van der Waals surface area (Å²) in [5, 5.41) is 5.18. The molecule has 1 heterocycles. The van der Waals surface area contributed by atoms with Gasteiger partial charge in [-0.3, -0.25) is 9.59 Å². The molecule has 16 heavy (non-hydrogen) atoms. The van der Waals surface area contributed by atoms with Crippen LogP contribution in [-0.4, -0.2) is 56.1 Å². The van der Waals surface area contributed by atoms with Gasteiger partial charge in [-0.2, -0.15) is 0 Å². The van der Waals surface area contributed by atoms with Crippen LogP contribution < -0.4 is 10.6 Å². The van der Waals surface area contributed by atoms with Crippen LogP contribution >= 0.6 is 0 Å². The number of nitrogens with one attached hydrogen (secondary N) is 2. The van der Waals surface area contributed by atoms with Crippen molar-refractivity contribution in [3.8, 4) is 0 Å². The summed E-state index contributed by atoms with van der Waals surface area (Å²) < 4.78 is 4.34. The molecule has 0 radical (unpaired) electrons. The van der Waals surface area contributed by atoms with Gasteiger partial charge < -0.3 is 20.3 Å². The zero-order valence-corrected chi connectivity index (χ0v) is 9.12. The molecule has 2 N–H and O–H groups in total. The standard InChI is InChI=1S/C9H15N3O4/c1-16-8(14)6-7(13)10-2-4-12-5-3-11-9(12)15/h2-6H2,1H3,(H,10,13)(H,11,15). The molecule has 1 saturated heterocycles. The zero-order chi connectivity index (χ0) is 12.0. The third kappa shape index (κ3) is 3.76. The maximum Gasteiger partial charge on any atom is 0.317 e. The highest BCUT2D eigenvalue weighted by molar-refractivity contribution is 5.94. The van der Waals surface area contributed by atoms with E-state index in [1.54, 1.807) is 4.90 Å². The highest BCUT2D eigenvalue weighted by Crippen LogP contribution is 1.94. The van der Waals surface area contributed by atoms with E-state index in [-0.39, 0.29) is 12.5 Å². The van der Waals surface area contributed by atoms with Crippen molar-refractivity contribution in [2.24, 2.45) is 0 Å². The van der Waals surface area contributed by atoms with Crippen LogP contribution in [0.4, 0.5) is 4.79 Å². The summed E-state index contributed by atoms with van der Waals surface area (Å²) in [4.78, 5) is 34.6. The van der Waals surface area contributed by atoms with Gasteiger partial charge in [0.05, 0.1) is 7.11 Å². The highest BCUT2D eigenvalue weighted by atomic mass is 16.5. The molecule has 1 fully saturated rings. The first kappa shape index (κ1) is 12.3. The number of carbonyl (C=O) groups excluding carboxylic acids is 3. The minimum Gasteiger partial charge on any atom is -0.469 e. The van der Waals surface area contributed by atoms with E-state index in [0.29, 0.717) is 26.2 Å². The summed E-state index contributed by atoms with van der Waals surface area (Å²) in [6, 6.07) is -0.123. The summed E-state index contributed by atoms with van der Waals surface area (Å²) in [6.07, 6.45) is -0.289. The largest absolute Gasteiger partial charge is 0.469 e. The van der Waals surface area contributed by atoms with Crippen LogP contribution in [0.2, 0.25) is 0 Å². The molecule has 0 atom stereocenters. The lowest BCUT2D eigenvalue weighted by Gasteiger charge is -2.13. The van der Waals surface area contributed by atoms with Crippen LogP contribution in [0.15, 0.2) is 0 Å². The average Bonchev–Trinajstić information content (AvgIpc) is 2.64. The Morgan fingerprint density at radius 2 is 2.31 bits per heavy atom. The van der Waals surface area contributed by atoms with Crippen LogP contribution in [0.25, 0.3) is 0 Å². The van der Waals surface area contributed by atoms with Crippen molar-refractivity contribution < 1.29 is 19.1 Å². The molecule has 3 amide bonds. The Kier molecular flexibility index (Phi) is 4.56. The zero-order valence-electron chi connectivity index (χ0n) is 9.12. The Morgan fingerprint density at radius 1 is 1.56 bits per heavy atom. The Balaban J connectivity index is 2.13. The van der Waals surface area contributed by atoms with Gasteiger partial charge in [0, 0.05) is 26.2 Å². The molecule has 0 bridgehead atoms. The second-order valence-corrected chi connectivity index (χ2v) is 3.32. The van der Waals surface area contributed by atoms with Gasteiger partial charge in [0.1, 0.15) is 6.42 Å². The van der Waals surface area contributed by atoms with Gasteiger partial charge in [0.15, 0.2) is 0 Å². The molecule has 0 spiro atoms. The summed E-state index contributed by atoms with van der Waals surface area (Å²) in [5.41, 5.74) is 0. The lowest BCUT2D eigenvalue weighted by molar-refractivity contribution is -0.143. The van der Waals surface area contributed by atoms with Gasteiger partial charge in [-0.15, -0.1) is 0 Å². The monoisotopic (exact) mass is 229 g/mol. The van der Waals surface area contributed by atoms with E-state index in [4.69, 9.17) is 0 Å². The van der Waals surface area contributed by atoms with Crippen molar-refractivity contribution >= 4 is 17.9 Å². The second kappa shape index (κ2) is 5.94. The van der Waals surface area contributed by atoms with Crippen molar-refractivity contribution in [1.82, 2.24) is 15.5 Å². The predicted molar refractivity (Wildman–Crippen MR) is 54.6 cm³/mol. The van der Waals surface area contributed by atoms with E-state index in [0.717, 1.165) is 0 Å². The van der Waals surface area contributed by atoms with Gasteiger partial charge >= 0.3 is 12.0 Å². The lowest BCUT2D eigenvalue weighted by Crippen LogP contribution is -2.37. The number of hydrogen-bond donors (Lipinski definition) is 2. The number of amides is 3. The quantitative estimate of drug-likeness (QED) is 0.452. The number of urea groups is 1. The van der Waals surface area contributed by atoms with Crippen LogP contribution in [0.1, 0.15) is 6.42 Å². The first-order chi connectivity index (χ1) is 7.63. The van der Waals surface area contributed by atoms with Gasteiger partial charge in [-0.25, -0.2) is 4.79 Å². The van der Waals surface area contributed by atoms with Crippen LogP contribution in [0.3, 0.4) is 0 Å². The van der Waals surface area contributed by atoms with Crippen LogP contribution in [0.5, 0.6) is 0 Å². The third-order valence-corrected chi connectivity index (χ3v) is 2.18. The Bertz CT molecular complexity index is 292. The first-order valence-electron chi connectivity index (χ1n) is 5.00. The number of carbonyl (C=O) groups is 3. The second-order valence-electron chi connectivity index (χ2n) is 3.32. The van der Waals surface area contributed by atoms with E-state index in [1.165, 1.54) is 7.11 Å². The molecule has 1 rings (SSSR count).